The number of ether oxygens (including phenoxy) is 1. The minimum atomic E-state index is -0.451. The molecule has 7 heteroatoms. The molecule has 3 aromatic rings. The maximum absolute atomic E-state index is 13.0. The Bertz CT molecular complexity index is 715. The molecule has 3 heterocycles. The number of rotatable bonds is 2. The fraction of sp³-hybridized carbons (Fsp3) is 0. The third-order valence-electron chi connectivity index (χ3n) is 2.22. The summed E-state index contributed by atoms with van der Waals surface area (Å²) in [6.45, 7) is 0. The Morgan fingerprint density at radius 2 is 2.11 bits per heavy atom. The van der Waals surface area contributed by atoms with Gasteiger partial charge in [-0.2, -0.15) is 5.10 Å². The first-order valence-electron chi connectivity index (χ1n) is 5.00. The van der Waals surface area contributed by atoms with Crippen LogP contribution in [0.3, 0.4) is 0 Å². The number of nitrogens with zero attached hydrogens (tertiary/aromatic N) is 4. The van der Waals surface area contributed by atoms with E-state index in [1.807, 2.05) is 0 Å². The highest BCUT2D eigenvalue weighted by Crippen LogP contribution is 2.26. The molecule has 5 nitrogen and oxygen atoms in total. The van der Waals surface area contributed by atoms with E-state index in [1.54, 1.807) is 16.8 Å². The van der Waals surface area contributed by atoms with E-state index in [-0.39, 0.29) is 0 Å². The molecule has 90 valence electrons. The molecule has 0 spiro atoms. The summed E-state index contributed by atoms with van der Waals surface area (Å²) in [5.41, 5.74) is 0.680. The van der Waals surface area contributed by atoms with Crippen molar-refractivity contribution in [2.45, 2.75) is 0 Å². The van der Waals surface area contributed by atoms with Gasteiger partial charge in [0.05, 0.1) is 23.1 Å². The van der Waals surface area contributed by atoms with E-state index in [1.165, 1.54) is 18.6 Å². The summed E-state index contributed by atoms with van der Waals surface area (Å²) in [6, 6.07) is 2.99. The van der Waals surface area contributed by atoms with E-state index in [4.69, 9.17) is 4.74 Å². The first-order chi connectivity index (χ1) is 8.72. The van der Waals surface area contributed by atoms with Crippen molar-refractivity contribution in [1.29, 1.82) is 0 Å². The van der Waals surface area contributed by atoms with E-state index in [0.29, 0.717) is 17.1 Å². The third-order valence-corrected chi connectivity index (χ3v) is 2.80. The average Bonchev–Trinajstić information content (AvgIpc) is 2.77. The van der Waals surface area contributed by atoms with Gasteiger partial charge in [0.25, 0.3) is 0 Å². The van der Waals surface area contributed by atoms with Gasteiger partial charge in [0.15, 0.2) is 5.65 Å². The summed E-state index contributed by atoms with van der Waals surface area (Å²) in [5, 5.41) is 4.01. The number of aromatic nitrogens is 4. The molecule has 3 rings (SSSR count). The molecule has 0 aliphatic rings. The second kappa shape index (κ2) is 4.34. The Kier molecular flexibility index (Phi) is 2.67. The smallest absolute Gasteiger partial charge is 0.169 e. The fourth-order valence-electron chi connectivity index (χ4n) is 1.50. The van der Waals surface area contributed by atoms with Crippen LogP contribution in [0, 0.1) is 5.82 Å². The Morgan fingerprint density at radius 3 is 2.94 bits per heavy atom. The molecule has 0 aliphatic heterocycles. The molecule has 0 radical (unpaired) electrons. The molecule has 0 fully saturated rings. The molecule has 0 atom stereocenters. The molecule has 0 saturated carbocycles. The van der Waals surface area contributed by atoms with Gasteiger partial charge < -0.3 is 4.74 Å². The lowest BCUT2D eigenvalue weighted by Gasteiger charge is -2.06. The van der Waals surface area contributed by atoms with Gasteiger partial charge in [0.2, 0.25) is 0 Å². The Balaban J connectivity index is 1.99. The maximum atomic E-state index is 13.0. The van der Waals surface area contributed by atoms with E-state index in [9.17, 15) is 4.39 Å². The molecule has 0 unspecified atom stereocenters. The zero-order valence-electron chi connectivity index (χ0n) is 8.92. The summed E-state index contributed by atoms with van der Waals surface area (Å²) < 4.78 is 20.8. The van der Waals surface area contributed by atoms with Crippen molar-refractivity contribution in [3.05, 3.63) is 47.3 Å². The zero-order valence-corrected chi connectivity index (χ0v) is 10.5. The minimum absolute atomic E-state index is 0.321. The van der Waals surface area contributed by atoms with Crippen LogP contribution in [0.1, 0.15) is 0 Å². The predicted molar refractivity (Wildman–Crippen MR) is 65.0 cm³/mol. The zero-order chi connectivity index (χ0) is 12.5. The summed E-state index contributed by atoms with van der Waals surface area (Å²) in [5.74, 6) is 0.377. The molecule has 0 aliphatic carbocycles. The predicted octanol–water partition coefficient (Wildman–Crippen LogP) is 2.82. The molecular weight excluding hydrogens is 303 g/mol. The standard InChI is InChI=1S/C11H6BrFN4O/c12-10-2-9(5-17-11(10)15-6-16-17)18-8-1-7(13)3-14-4-8/h1-6H. The second-order valence-electron chi connectivity index (χ2n) is 3.49. The molecule has 0 N–H and O–H groups in total. The second-order valence-corrected chi connectivity index (χ2v) is 4.35. The SMILES string of the molecule is Fc1cncc(Oc2cc(Br)c3ncnn3c2)c1. The van der Waals surface area contributed by atoms with Crippen LogP contribution in [-0.2, 0) is 0 Å². The number of hydrogen-bond donors (Lipinski definition) is 0. The summed E-state index contributed by atoms with van der Waals surface area (Å²) in [4.78, 5) is 7.77. The van der Waals surface area contributed by atoms with Gasteiger partial charge in [-0.15, -0.1) is 0 Å². The molecule has 3 aromatic heterocycles. The van der Waals surface area contributed by atoms with E-state index in [0.717, 1.165) is 10.7 Å². The number of fused-ring (bicyclic) bond motifs is 1. The van der Waals surface area contributed by atoms with Crippen molar-refractivity contribution in [3.63, 3.8) is 0 Å². The van der Waals surface area contributed by atoms with Gasteiger partial charge >= 0.3 is 0 Å². The van der Waals surface area contributed by atoms with Crippen LogP contribution in [0.2, 0.25) is 0 Å². The fourth-order valence-corrected chi connectivity index (χ4v) is 2.01. The highest BCUT2D eigenvalue weighted by atomic mass is 79.9. The quantitative estimate of drug-likeness (QED) is 0.730. The first-order valence-corrected chi connectivity index (χ1v) is 5.79. The van der Waals surface area contributed by atoms with Crippen LogP contribution in [0.4, 0.5) is 4.39 Å². The van der Waals surface area contributed by atoms with Crippen molar-refractivity contribution in [2.24, 2.45) is 0 Å². The van der Waals surface area contributed by atoms with E-state index < -0.39 is 5.82 Å². The van der Waals surface area contributed by atoms with Crippen molar-refractivity contribution < 1.29 is 9.13 Å². The molecule has 0 saturated heterocycles. The summed E-state index contributed by atoms with van der Waals surface area (Å²) >= 11 is 3.36. The lowest BCUT2D eigenvalue weighted by Crippen LogP contribution is -1.92. The molecule has 0 bridgehead atoms. The summed E-state index contributed by atoms with van der Waals surface area (Å²) in [6.07, 6.45) is 5.64. The largest absolute Gasteiger partial charge is 0.454 e. The maximum Gasteiger partial charge on any atom is 0.169 e. The van der Waals surface area contributed by atoms with Gasteiger partial charge in [0.1, 0.15) is 23.6 Å². The van der Waals surface area contributed by atoms with Crippen molar-refractivity contribution in [1.82, 2.24) is 19.6 Å². The van der Waals surface area contributed by atoms with Gasteiger partial charge in [-0.1, -0.05) is 0 Å². The topological polar surface area (TPSA) is 52.3 Å². The first kappa shape index (κ1) is 11.1. The van der Waals surface area contributed by atoms with Crippen LogP contribution >= 0.6 is 15.9 Å². The monoisotopic (exact) mass is 308 g/mol. The molecule has 18 heavy (non-hydrogen) atoms. The number of pyridine rings is 2. The van der Waals surface area contributed by atoms with Gasteiger partial charge in [-0.05, 0) is 15.9 Å². The van der Waals surface area contributed by atoms with Gasteiger partial charge in [-0.25, -0.2) is 13.9 Å². The van der Waals surface area contributed by atoms with Crippen molar-refractivity contribution >= 4 is 21.6 Å². The highest BCUT2D eigenvalue weighted by molar-refractivity contribution is 9.10. The van der Waals surface area contributed by atoms with Crippen LogP contribution in [-0.4, -0.2) is 19.6 Å². The third kappa shape index (κ3) is 2.04. The number of halogens is 2. The molecular formula is C11H6BrFN4O. The average molecular weight is 309 g/mol. The van der Waals surface area contributed by atoms with Crippen LogP contribution in [0.25, 0.3) is 5.65 Å². The Labute approximate surface area is 109 Å². The van der Waals surface area contributed by atoms with Crippen molar-refractivity contribution in [2.75, 3.05) is 0 Å². The van der Waals surface area contributed by atoms with Gasteiger partial charge in [0, 0.05) is 12.1 Å². The molecule has 0 amide bonds. The lowest BCUT2D eigenvalue weighted by molar-refractivity contribution is 0.469. The van der Waals surface area contributed by atoms with Crippen LogP contribution < -0.4 is 4.74 Å². The van der Waals surface area contributed by atoms with E-state index >= 15 is 0 Å². The molecule has 0 aromatic carbocycles. The minimum Gasteiger partial charge on any atom is -0.454 e. The van der Waals surface area contributed by atoms with Crippen LogP contribution in [0.15, 0.2) is 41.5 Å². The normalized spacial score (nSPS) is 10.8. The lowest BCUT2D eigenvalue weighted by atomic mass is 10.4. The van der Waals surface area contributed by atoms with Crippen molar-refractivity contribution in [3.8, 4) is 11.5 Å². The Hall–Kier alpha value is -2.02. The number of hydrogen-bond acceptors (Lipinski definition) is 4. The Morgan fingerprint density at radius 1 is 1.22 bits per heavy atom. The van der Waals surface area contributed by atoms with Gasteiger partial charge in [-0.3, -0.25) is 4.98 Å². The summed E-state index contributed by atoms with van der Waals surface area (Å²) in [7, 11) is 0. The van der Waals surface area contributed by atoms with E-state index in [2.05, 4.69) is 31.0 Å². The van der Waals surface area contributed by atoms with Crippen LogP contribution in [0.5, 0.6) is 11.5 Å². The highest BCUT2D eigenvalue weighted by Gasteiger charge is 2.06.